The van der Waals surface area contributed by atoms with Gasteiger partial charge in [0.2, 0.25) is 5.91 Å². The number of pyridine rings is 1. The van der Waals surface area contributed by atoms with Crippen LogP contribution >= 0.6 is 0 Å². The minimum atomic E-state index is -0.109. The molecule has 0 radical (unpaired) electrons. The van der Waals surface area contributed by atoms with Crippen molar-refractivity contribution in [2.24, 2.45) is 0 Å². The number of rotatable bonds is 8. The first-order valence-corrected chi connectivity index (χ1v) is 11.0. The van der Waals surface area contributed by atoms with Crippen LogP contribution in [-0.4, -0.2) is 58.1 Å². The van der Waals surface area contributed by atoms with Crippen molar-refractivity contribution < 1.29 is 14.6 Å². The molecule has 0 saturated carbocycles. The van der Waals surface area contributed by atoms with Gasteiger partial charge in [-0.2, -0.15) is 0 Å². The molecule has 2 heterocycles. The maximum absolute atomic E-state index is 13.1. The quantitative estimate of drug-likeness (QED) is 0.593. The van der Waals surface area contributed by atoms with Crippen molar-refractivity contribution >= 4 is 5.91 Å². The van der Waals surface area contributed by atoms with Crippen molar-refractivity contribution in [2.75, 3.05) is 26.2 Å². The number of ether oxygens (including phenoxy) is 1. The van der Waals surface area contributed by atoms with Gasteiger partial charge in [-0.3, -0.25) is 14.7 Å². The highest BCUT2D eigenvalue weighted by Crippen LogP contribution is 2.17. The fraction of sp³-hybridized carbons (Fsp3) is 0.308. The fourth-order valence-electron chi connectivity index (χ4n) is 4.01. The van der Waals surface area contributed by atoms with Crippen molar-refractivity contribution in [3.05, 3.63) is 95.8 Å². The molecule has 1 fully saturated rings. The Balaban J connectivity index is 1.45. The zero-order chi connectivity index (χ0) is 22.2. The van der Waals surface area contributed by atoms with Crippen LogP contribution in [0.1, 0.15) is 16.7 Å². The summed E-state index contributed by atoms with van der Waals surface area (Å²) in [6, 6.07) is 21.3. The zero-order valence-corrected chi connectivity index (χ0v) is 18.1. The molecule has 1 saturated heterocycles. The molecule has 1 aliphatic heterocycles. The highest BCUT2D eigenvalue weighted by atomic mass is 16.5. The molecule has 1 N–H and O–H groups in total. The summed E-state index contributed by atoms with van der Waals surface area (Å²) in [5.74, 6) is 0.342. The van der Waals surface area contributed by atoms with Gasteiger partial charge in [0.1, 0.15) is 5.75 Å². The highest BCUT2D eigenvalue weighted by molar-refractivity contribution is 5.78. The number of nitrogens with zero attached hydrogens (tertiary/aromatic N) is 3. The topological polar surface area (TPSA) is 65.9 Å². The van der Waals surface area contributed by atoms with Crippen molar-refractivity contribution in [3.63, 3.8) is 0 Å². The molecule has 6 heteroatoms. The first kappa shape index (κ1) is 22.0. The Morgan fingerprint density at radius 1 is 0.938 bits per heavy atom. The van der Waals surface area contributed by atoms with E-state index in [9.17, 15) is 9.90 Å². The van der Waals surface area contributed by atoms with Crippen LogP contribution in [0.3, 0.4) is 0 Å². The largest absolute Gasteiger partial charge is 0.508 e. The summed E-state index contributed by atoms with van der Waals surface area (Å²) in [6.07, 6.45) is 4.23. The van der Waals surface area contributed by atoms with Crippen molar-refractivity contribution in [1.82, 2.24) is 14.8 Å². The van der Waals surface area contributed by atoms with Gasteiger partial charge in [0.05, 0.1) is 19.3 Å². The van der Waals surface area contributed by atoms with Crippen LogP contribution < -0.4 is 0 Å². The number of carbonyl (C=O) groups is 1. The summed E-state index contributed by atoms with van der Waals surface area (Å²) in [5, 5.41) is 9.81. The van der Waals surface area contributed by atoms with E-state index in [2.05, 4.69) is 22.0 Å². The Hall–Kier alpha value is -3.22. The summed E-state index contributed by atoms with van der Waals surface area (Å²) in [4.78, 5) is 21.2. The minimum absolute atomic E-state index is 0.107. The fourth-order valence-corrected chi connectivity index (χ4v) is 4.01. The first-order valence-electron chi connectivity index (χ1n) is 11.0. The smallest absolute Gasteiger partial charge is 0.236 e. The number of aromatic nitrogens is 1. The van der Waals surface area contributed by atoms with E-state index in [0.29, 0.717) is 39.3 Å². The maximum atomic E-state index is 13.1. The van der Waals surface area contributed by atoms with Gasteiger partial charge in [0.25, 0.3) is 0 Å². The van der Waals surface area contributed by atoms with Crippen LogP contribution in [0.25, 0.3) is 0 Å². The van der Waals surface area contributed by atoms with Gasteiger partial charge in [-0.05, 0) is 47.4 Å². The number of benzene rings is 2. The molecular weight excluding hydrogens is 402 g/mol. The van der Waals surface area contributed by atoms with E-state index in [4.69, 9.17) is 4.74 Å². The number of hydrogen-bond acceptors (Lipinski definition) is 5. The SMILES string of the molecule is O=C1CN(Cc2cccc(O)c2)C[C@@H](OCc2ccncc2)CN1CCc1ccccc1. The minimum Gasteiger partial charge on any atom is -0.508 e. The Morgan fingerprint density at radius 2 is 1.72 bits per heavy atom. The molecule has 1 aliphatic rings. The lowest BCUT2D eigenvalue weighted by molar-refractivity contribution is -0.131. The molecule has 1 aromatic heterocycles. The van der Waals surface area contributed by atoms with E-state index in [1.54, 1.807) is 24.5 Å². The Bertz CT molecular complexity index is 997. The molecule has 1 amide bonds. The summed E-state index contributed by atoms with van der Waals surface area (Å²) >= 11 is 0. The molecule has 0 spiro atoms. The van der Waals surface area contributed by atoms with E-state index in [1.165, 1.54) is 5.56 Å². The van der Waals surface area contributed by atoms with Gasteiger partial charge in [-0.25, -0.2) is 0 Å². The van der Waals surface area contributed by atoms with E-state index in [-0.39, 0.29) is 17.8 Å². The Morgan fingerprint density at radius 3 is 2.50 bits per heavy atom. The number of phenolic OH excluding ortho intramolecular Hbond substituents is 1. The Kier molecular flexibility index (Phi) is 7.48. The number of amides is 1. The predicted octanol–water partition coefficient (Wildman–Crippen LogP) is 3.26. The molecule has 4 rings (SSSR count). The zero-order valence-electron chi connectivity index (χ0n) is 18.1. The summed E-state index contributed by atoms with van der Waals surface area (Å²) < 4.78 is 6.26. The maximum Gasteiger partial charge on any atom is 0.236 e. The molecule has 0 bridgehead atoms. The lowest BCUT2D eigenvalue weighted by atomic mass is 10.1. The van der Waals surface area contributed by atoms with Gasteiger partial charge < -0.3 is 14.7 Å². The molecule has 0 aliphatic carbocycles. The summed E-state index contributed by atoms with van der Waals surface area (Å²) in [7, 11) is 0. The van der Waals surface area contributed by atoms with Gasteiger partial charge >= 0.3 is 0 Å². The molecule has 6 nitrogen and oxygen atoms in total. The second-order valence-electron chi connectivity index (χ2n) is 8.20. The Labute approximate surface area is 189 Å². The lowest BCUT2D eigenvalue weighted by Crippen LogP contribution is -2.39. The molecular formula is C26H29N3O3. The average molecular weight is 432 g/mol. The summed E-state index contributed by atoms with van der Waals surface area (Å²) in [6.45, 7) is 3.27. The van der Waals surface area contributed by atoms with Gasteiger partial charge in [0, 0.05) is 38.6 Å². The molecule has 2 aromatic carbocycles. The van der Waals surface area contributed by atoms with E-state index < -0.39 is 0 Å². The molecule has 3 aromatic rings. The standard InChI is InChI=1S/C26H29N3O3/c30-24-8-4-7-23(15-24)16-28-17-25(32-20-22-9-12-27-13-10-22)18-29(26(31)19-28)14-11-21-5-2-1-3-6-21/h1-10,12-13,15,25,30H,11,14,16-20H2/t25-/m1/s1. The van der Waals surface area contributed by atoms with Crippen LogP contribution in [0.4, 0.5) is 0 Å². The second kappa shape index (κ2) is 10.9. The second-order valence-corrected chi connectivity index (χ2v) is 8.20. The van der Waals surface area contributed by atoms with Crippen LogP contribution in [0.2, 0.25) is 0 Å². The highest BCUT2D eigenvalue weighted by Gasteiger charge is 2.28. The van der Waals surface area contributed by atoms with Gasteiger partial charge in [0.15, 0.2) is 0 Å². The number of hydrogen-bond donors (Lipinski definition) is 1. The van der Waals surface area contributed by atoms with Gasteiger partial charge in [-0.1, -0.05) is 42.5 Å². The van der Waals surface area contributed by atoms with Crippen LogP contribution in [0.15, 0.2) is 79.1 Å². The molecule has 1 atom stereocenters. The van der Waals surface area contributed by atoms with Crippen molar-refractivity contribution in [1.29, 1.82) is 0 Å². The predicted molar refractivity (Wildman–Crippen MR) is 123 cm³/mol. The third-order valence-corrected chi connectivity index (χ3v) is 5.66. The lowest BCUT2D eigenvalue weighted by Gasteiger charge is -2.25. The monoisotopic (exact) mass is 431 g/mol. The number of aromatic hydroxyl groups is 1. The van der Waals surface area contributed by atoms with E-state index >= 15 is 0 Å². The molecule has 0 unspecified atom stereocenters. The summed E-state index contributed by atoms with van der Waals surface area (Å²) in [5.41, 5.74) is 3.25. The third-order valence-electron chi connectivity index (χ3n) is 5.66. The van der Waals surface area contributed by atoms with Crippen molar-refractivity contribution in [2.45, 2.75) is 25.7 Å². The first-order chi connectivity index (χ1) is 15.7. The van der Waals surface area contributed by atoms with E-state index in [0.717, 1.165) is 17.5 Å². The number of carbonyl (C=O) groups excluding carboxylic acids is 1. The normalized spacial score (nSPS) is 17.3. The molecule has 32 heavy (non-hydrogen) atoms. The average Bonchev–Trinajstić information content (AvgIpc) is 2.95. The number of phenols is 1. The van der Waals surface area contributed by atoms with Crippen LogP contribution in [0.5, 0.6) is 5.75 Å². The van der Waals surface area contributed by atoms with Crippen molar-refractivity contribution in [3.8, 4) is 5.75 Å². The third kappa shape index (κ3) is 6.39. The molecule has 166 valence electrons. The van der Waals surface area contributed by atoms with E-state index in [1.807, 2.05) is 47.4 Å². The van der Waals surface area contributed by atoms with Crippen LogP contribution in [-0.2, 0) is 29.1 Å². The van der Waals surface area contributed by atoms with Crippen LogP contribution in [0, 0.1) is 0 Å². The van der Waals surface area contributed by atoms with Gasteiger partial charge in [-0.15, -0.1) is 0 Å².